The molecule has 6 nitrogen and oxygen atoms in total. The van der Waals surface area contributed by atoms with Crippen molar-refractivity contribution in [2.75, 3.05) is 33.3 Å². The Morgan fingerprint density at radius 2 is 2.15 bits per heavy atom. The van der Waals surface area contributed by atoms with Gasteiger partial charge in [0.2, 0.25) is 11.8 Å². The molecule has 2 fully saturated rings. The molecule has 0 N–H and O–H groups in total. The molecule has 0 aliphatic carbocycles. The van der Waals surface area contributed by atoms with Gasteiger partial charge in [-0.2, -0.15) is 0 Å². The number of ether oxygens (including phenoxy) is 1. The summed E-state index contributed by atoms with van der Waals surface area (Å²) in [6.45, 7) is 6.18. The van der Waals surface area contributed by atoms with Crippen LogP contribution in [0.25, 0.3) is 0 Å². The van der Waals surface area contributed by atoms with E-state index in [4.69, 9.17) is 4.74 Å². The normalized spacial score (nSPS) is 20.4. The second-order valence-electron chi connectivity index (χ2n) is 5.67. The SMILES string of the molecule is COc1nc(Br)cnc1CN1CC2(C1)CN(C(C)=O)C2. The highest BCUT2D eigenvalue weighted by Gasteiger charge is 2.52. The van der Waals surface area contributed by atoms with Gasteiger partial charge in [-0.3, -0.25) is 14.7 Å². The molecule has 0 saturated carbocycles. The molecule has 0 unspecified atom stereocenters. The predicted molar refractivity (Wildman–Crippen MR) is 76.2 cm³/mol. The molecule has 3 heterocycles. The predicted octanol–water partition coefficient (Wildman–Crippen LogP) is 0.912. The highest BCUT2D eigenvalue weighted by atomic mass is 79.9. The Morgan fingerprint density at radius 1 is 1.45 bits per heavy atom. The summed E-state index contributed by atoms with van der Waals surface area (Å²) in [5, 5.41) is 0. The number of aromatic nitrogens is 2. The molecule has 108 valence electrons. The number of carbonyl (C=O) groups excluding carboxylic acids is 1. The van der Waals surface area contributed by atoms with Crippen LogP contribution in [0.5, 0.6) is 5.88 Å². The third kappa shape index (κ3) is 2.40. The topological polar surface area (TPSA) is 58.6 Å². The molecule has 0 atom stereocenters. The summed E-state index contributed by atoms with van der Waals surface area (Å²) in [5.41, 5.74) is 1.18. The molecule has 2 saturated heterocycles. The minimum absolute atomic E-state index is 0.175. The Hall–Kier alpha value is -1.21. The number of hydrogen-bond donors (Lipinski definition) is 0. The van der Waals surface area contributed by atoms with Crippen molar-refractivity contribution >= 4 is 21.8 Å². The molecule has 1 aromatic heterocycles. The van der Waals surface area contributed by atoms with E-state index in [1.165, 1.54) is 0 Å². The lowest BCUT2D eigenvalue weighted by atomic mass is 9.73. The second-order valence-corrected chi connectivity index (χ2v) is 6.48. The summed E-state index contributed by atoms with van der Waals surface area (Å²) < 4.78 is 5.93. The van der Waals surface area contributed by atoms with Crippen LogP contribution < -0.4 is 4.74 Å². The average molecular weight is 341 g/mol. The Morgan fingerprint density at radius 3 is 2.75 bits per heavy atom. The lowest BCUT2D eigenvalue weighted by Crippen LogP contribution is -2.72. The maximum atomic E-state index is 11.2. The standard InChI is InChI=1S/C13H17BrN4O2/c1-9(19)18-7-13(8-18)5-17(6-13)4-10-12(20-2)16-11(14)3-15-10/h3H,4-8H2,1-2H3. The van der Waals surface area contributed by atoms with Crippen LogP contribution in [-0.4, -0.2) is 59.0 Å². The van der Waals surface area contributed by atoms with E-state index < -0.39 is 0 Å². The van der Waals surface area contributed by atoms with Gasteiger partial charge >= 0.3 is 0 Å². The van der Waals surface area contributed by atoms with Crippen molar-refractivity contribution in [3.63, 3.8) is 0 Å². The Kier molecular flexibility index (Phi) is 3.41. The number of nitrogens with zero attached hydrogens (tertiary/aromatic N) is 4. The fraction of sp³-hybridized carbons (Fsp3) is 0.615. The van der Waals surface area contributed by atoms with Crippen LogP contribution in [0.15, 0.2) is 10.8 Å². The zero-order valence-electron chi connectivity index (χ0n) is 11.6. The number of carbonyl (C=O) groups is 1. The van der Waals surface area contributed by atoms with Gasteiger partial charge < -0.3 is 9.64 Å². The van der Waals surface area contributed by atoms with Crippen molar-refractivity contribution in [3.8, 4) is 5.88 Å². The summed E-state index contributed by atoms with van der Waals surface area (Å²) >= 11 is 3.29. The van der Waals surface area contributed by atoms with E-state index in [0.717, 1.165) is 38.4 Å². The maximum Gasteiger partial charge on any atom is 0.237 e. The van der Waals surface area contributed by atoms with Crippen LogP contribution in [0.2, 0.25) is 0 Å². The van der Waals surface area contributed by atoms with Crippen molar-refractivity contribution < 1.29 is 9.53 Å². The quantitative estimate of drug-likeness (QED) is 0.818. The van der Waals surface area contributed by atoms with Crippen molar-refractivity contribution in [1.29, 1.82) is 0 Å². The molecule has 0 bridgehead atoms. The van der Waals surface area contributed by atoms with Gasteiger partial charge in [0.15, 0.2) is 0 Å². The summed E-state index contributed by atoms with van der Waals surface area (Å²) in [5.74, 6) is 0.744. The van der Waals surface area contributed by atoms with Gasteiger partial charge in [0.1, 0.15) is 10.3 Å². The van der Waals surface area contributed by atoms with Gasteiger partial charge in [-0.05, 0) is 15.9 Å². The molecule has 1 spiro atoms. The first-order valence-corrected chi connectivity index (χ1v) is 7.34. The number of rotatable bonds is 3. The Bertz CT molecular complexity index is 537. The van der Waals surface area contributed by atoms with Crippen LogP contribution in [0.4, 0.5) is 0 Å². The molecule has 0 radical (unpaired) electrons. The third-order valence-corrected chi connectivity index (χ3v) is 4.35. The van der Waals surface area contributed by atoms with Crippen LogP contribution in [0.1, 0.15) is 12.6 Å². The monoisotopic (exact) mass is 340 g/mol. The van der Waals surface area contributed by atoms with E-state index in [9.17, 15) is 4.79 Å². The molecular weight excluding hydrogens is 324 g/mol. The van der Waals surface area contributed by atoms with Crippen molar-refractivity contribution in [2.24, 2.45) is 5.41 Å². The van der Waals surface area contributed by atoms with Crippen molar-refractivity contribution in [2.45, 2.75) is 13.5 Å². The maximum absolute atomic E-state index is 11.2. The van der Waals surface area contributed by atoms with Gasteiger partial charge in [0.05, 0.1) is 13.3 Å². The van der Waals surface area contributed by atoms with E-state index in [1.54, 1.807) is 20.2 Å². The molecule has 0 aromatic carbocycles. The van der Waals surface area contributed by atoms with Gasteiger partial charge in [-0.1, -0.05) is 0 Å². The fourth-order valence-corrected chi connectivity index (χ4v) is 3.32. The van der Waals surface area contributed by atoms with E-state index >= 15 is 0 Å². The van der Waals surface area contributed by atoms with Gasteiger partial charge in [0.25, 0.3) is 0 Å². The van der Waals surface area contributed by atoms with E-state index in [0.29, 0.717) is 15.9 Å². The average Bonchev–Trinajstić information content (AvgIpc) is 2.31. The Labute approximate surface area is 126 Å². The molecular formula is C13H17BrN4O2. The largest absolute Gasteiger partial charge is 0.480 e. The van der Waals surface area contributed by atoms with Crippen LogP contribution in [-0.2, 0) is 11.3 Å². The third-order valence-electron chi connectivity index (χ3n) is 3.96. The first-order chi connectivity index (χ1) is 9.51. The molecule has 3 rings (SSSR count). The fourth-order valence-electron chi connectivity index (χ4n) is 3.06. The van der Waals surface area contributed by atoms with E-state index in [2.05, 4.69) is 30.8 Å². The summed E-state index contributed by atoms with van der Waals surface area (Å²) in [4.78, 5) is 24.1. The number of halogens is 1. The lowest BCUT2D eigenvalue weighted by Gasteiger charge is -2.60. The molecule has 1 aromatic rings. The Balaban J connectivity index is 1.56. The highest BCUT2D eigenvalue weighted by Crippen LogP contribution is 2.40. The van der Waals surface area contributed by atoms with Crippen molar-refractivity contribution in [1.82, 2.24) is 19.8 Å². The number of amides is 1. The van der Waals surface area contributed by atoms with E-state index in [1.807, 2.05) is 4.90 Å². The van der Waals surface area contributed by atoms with Crippen molar-refractivity contribution in [3.05, 3.63) is 16.5 Å². The molecule has 1 amide bonds. The summed E-state index contributed by atoms with van der Waals surface area (Å²) in [6, 6.07) is 0. The number of likely N-dealkylation sites (tertiary alicyclic amines) is 2. The second kappa shape index (κ2) is 4.96. The van der Waals surface area contributed by atoms with Gasteiger partial charge in [0, 0.05) is 45.1 Å². The smallest absolute Gasteiger partial charge is 0.237 e. The van der Waals surface area contributed by atoms with Gasteiger partial charge in [-0.15, -0.1) is 0 Å². The minimum atomic E-state index is 0.175. The minimum Gasteiger partial charge on any atom is -0.480 e. The molecule has 2 aliphatic heterocycles. The summed E-state index contributed by atoms with van der Waals surface area (Å²) in [6.07, 6.45) is 1.69. The summed E-state index contributed by atoms with van der Waals surface area (Å²) in [7, 11) is 1.61. The van der Waals surface area contributed by atoms with Crippen LogP contribution in [0, 0.1) is 5.41 Å². The zero-order valence-corrected chi connectivity index (χ0v) is 13.2. The lowest BCUT2D eigenvalue weighted by molar-refractivity contribution is -0.157. The van der Waals surface area contributed by atoms with Gasteiger partial charge in [-0.25, -0.2) is 4.98 Å². The zero-order chi connectivity index (χ0) is 14.3. The number of methoxy groups -OCH3 is 1. The first-order valence-electron chi connectivity index (χ1n) is 6.55. The highest BCUT2D eigenvalue weighted by molar-refractivity contribution is 9.10. The molecule has 2 aliphatic rings. The number of hydrogen-bond acceptors (Lipinski definition) is 5. The van der Waals surface area contributed by atoms with Crippen LogP contribution in [0.3, 0.4) is 0 Å². The molecule has 20 heavy (non-hydrogen) atoms. The van der Waals surface area contributed by atoms with E-state index in [-0.39, 0.29) is 5.91 Å². The molecule has 7 heteroatoms. The van der Waals surface area contributed by atoms with Crippen LogP contribution >= 0.6 is 15.9 Å². The first kappa shape index (κ1) is 13.8.